The normalized spacial score (nSPS) is 10.9. The highest BCUT2D eigenvalue weighted by Crippen LogP contribution is 2.18. The van der Waals surface area contributed by atoms with Gasteiger partial charge in [0.15, 0.2) is 11.6 Å². The largest absolute Gasteiger partial charge is 0.381 e. The smallest absolute Gasteiger partial charge is 0.251 e. The molecule has 0 aliphatic heterocycles. The van der Waals surface area contributed by atoms with E-state index in [9.17, 15) is 13.6 Å². The maximum atomic E-state index is 13.7. The number of aryl methyl sites for hydroxylation is 1. The number of nitrogens with zero attached hydrogens (tertiary/aromatic N) is 3. The van der Waals surface area contributed by atoms with Crippen LogP contribution in [-0.2, 0) is 13.0 Å². The molecule has 6 nitrogen and oxygen atoms in total. The Balaban J connectivity index is 1.48. The Morgan fingerprint density at radius 2 is 1.94 bits per heavy atom. The minimum atomic E-state index is -0.619. The van der Waals surface area contributed by atoms with Crippen LogP contribution < -0.4 is 11.1 Å². The number of nitrogen functional groups attached to an aromatic ring is 1. The van der Waals surface area contributed by atoms with Crippen molar-refractivity contribution in [2.45, 2.75) is 19.9 Å². The van der Waals surface area contributed by atoms with Crippen molar-refractivity contribution < 1.29 is 13.6 Å². The van der Waals surface area contributed by atoms with Gasteiger partial charge in [-0.05, 0) is 54.4 Å². The van der Waals surface area contributed by atoms with Crippen LogP contribution in [0.2, 0.25) is 0 Å². The molecule has 0 fully saturated rings. The lowest BCUT2D eigenvalue weighted by Crippen LogP contribution is -2.24. The number of aromatic nitrogens is 3. The van der Waals surface area contributed by atoms with Gasteiger partial charge in [-0.3, -0.25) is 14.8 Å². The molecule has 31 heavy (non-hydrogen) atoms. The lowest BCUT2D eigenvalue weighted by molar-refractivity contribution is 0.0950. The minimum Gasteiger partial charge on any atom is -0.381 e. The van der Waals surface area contributed by atoms with E-state index in [2.05, 4.69) is 20.3 Å². The van der Waals surface area contributed by atoms with Gasteiger partial charge in [0, 0.05) is 41.5 Å². The second kappa shape index (κ2) is 8.43. The SMILES string of the molecule is Cc1nc(N)c(F)cc1CNC(=O)c1ccnc(Cc2ccc3ncc(F)cc3c2)c1. The van der Waals surface area contributed by atoms with Crippen LogP contribution in [0.15, 0.2) is 54.9 Å². The van der Waals surface area contributed by atoms with Gasteiger partial charge in [0.1, 0.15) is 5.82 Å². The van der Waals surface area contributed by atoms with E-state index in [1.165, 1.54) is 18.3 Å². The van der Waals surface area contributed by atoms with Crippen molar-refractivity contribution >= 4 is 22.6 Å². The summed E-state index contributed by atoms with van der Waals surface area (Å²) < 4.78 is 27.1. The topological polar surface area (TPSA) is 93.8 Å². The fourth-order valence-electron chi connectivity index (χ4n) is 3.28. The molecule has 0 spiro atoms. The van der Waals surface area contributed by atoms with Crippen LogP contribution in [0, 0.1) is 18.6 Å². The Kier molecular flexibility index (Phi) is 5.53. The number of carbonyl (C=O) groups excluding carboxylic acids is 1. The molecule has 3 heterocycles. The first-order chi connectivity index (χ1) is 14.9. The van der Waals surface area contributed by atoms with Crippen molar-refractivity contribution in [1.82, 2.24) is 20.3 Å². The molecule has 1 aromatic carbocycles. The zero-order valence-electron chi connectivity index (χ0n) is 16.7. The van der Waals surface area contributed by atoms with Crippen LogP contribution in [0.5, 0.6) is 0 Å². The van der Waals surface area contributed by atoms with Crippen LogP contribution in [-0.4, -0.2) is 20.9 Å². The molecule has 1 amide bonds. The van der Waals surface area contributed by atoms with E-state index in [-0.39, 0.29) is 18.3 Å². The Bertz CT molecular complexity index is 1290. The number of pyridine rings is 3. The second-order valence-electron chi connectivity index (χ2n) is 7.18. The minimum absolute atomic E-state index is 0.121. The molecule has 4 rings (SSSR count). The maximum Gasteiger partial charge on any atom is 0.251 e. The third-order valence-corrected chi connectivity index (χ3v) is 4.91. The van der Waals surface area contributed by atoms with Crippen LogP contribution in [0.1, 0.15) is 32.9 Å². The molecule has 156 valence electrons. The predicted molar refractivity (Wildman–Crippen MR) is 113 cm³/mol. The molecule has 0 radical (unpaired) electrons. The number of carbonyl (C=O) groups is 1. The highest BCUT2D eigenvalue weighted by atomic mass is 19.1. The van der Waals surface area contributed by atoms with Crippen molar-refractivity contribution in [3.8, 4) is 0 Å². The standard InChI is InChI=1S/C23H19F2N5O/c1-13-17(10-20(25)22(26)30-13)11-29-23(31)15-4-5-27-19(9-15)7-14-2-3-21-16(6-14)8-18(24)12-28-21/h2-6,8-10,12H,7,11H2,1H3,(H2,26,30)(H,29,31). The third kappa shape index (κ3) is 4.63. The highest BCUT2D eigenvalue weighted by Gasteiger charge is 2.11. The van der Waals surface area contributed by atoms with Gasteiger partial charge in [0.2, 0.25) is 0 Å². The summed E-state index contributed by atoms with van der Waals surface area (Å²) in [5.41, 5.74) is 9.29. The van der Waals surface area contributed by atoms with Crippen LogP contribution in [0.3, 0.4) is 0 Å². The fourth-order valence-corrected chi connectivity index (χ4v) is 3.28. The molecule has 0 unspecified atom stereocenters. The monoisotopic (exact) mass is 419 g/mol. The fraction of sp³-hybridized carbons (Fsp3) is 0.130. The molecule has 3 N–H and O–H groups in total. The van der Waals surface area contributed by atoms with E-state index in [1.54, 1.807) is 25.3 Å². The van der Waals surface area contributed by atoms with Gasteiger partial charge in [-0.1, -0.05) is 6.07 Å². The van der Waals surface area contributed by atoms with E-state index in [1.807, 2.05) is 18.2 Å². The summed E-state index contributed by atoms with van der Waals surface area (Å²) in [5, 5.41) is 3.46. The maximum absolute atomic E-state index is 13.7. The lowest BCUT2D eigenvalue weighted by atomic mass is 10.0. The molecule has 0 saturated carbocycles. The van der Waals surface area contributed by atoms with Crippen molar-refractivity contribution in [2.24, 2.45) is 0 Å². The quantitative estimate of drug-likeness (QED) is 0.514. The average molecular weight is 419 g/mol. The molecule has 4 aromatic rings. The highest BCUT2D eigenvalue weighted by molar-refractivity contribution is 5.94. The van der Waals surface area contributed by atoms with E-state index in [0.29, 0.717) is 39.8 Å². The van der Waals surface area contributed by atoms with E-state index in [0.717, 1.165) is 5.56 Å². The molecule has 0 saturated heterocycles. The summed E-state index contributed by atoms with van der Waals surface area (Å²) in [6, 6.07) is 11.6. The van der Waals surface area contributed by atoms with Crippen molar-refractivity contribution in [1.29, 1.82) is 0 Å². The number of anilines is 1. The Morgan fingerprint density at radius 3 is 2.77 bits per heavy atom. The molecule has 0 aliphatic carbocycles. The molecular formula is C23H19F2N5O. The Labute approximate surface area is 177 Å². The number of benzene rings is 1. The number of rotatable bonds is 5. The van der Waals surface area contributed by atoms with Crippen LogP contribution in [0.4, 0.5) is 14.6 Å². The van der Waals surface area contributed by atoms with Gasteiger partial charge >= 0.3 is 0 Å². The molecule has 0 aliphatic rings. The summed E-state index contributed by atoms with van der Waals surface area (Å²) in [6.07, 6.45) is 3.21. The van der Waals surface area contributed by atoms with Gasteiger partial charge in [-0.15, -0.1) is 0 Å². The number of nitrogens with one attached hydrogen (secondary N) is 1. The van der Waals surface area contributed by atoms with E-state index in [4.69, 9.17) is 5.73 Å². The van der Waals surface area contributed by atoms with Crippen LogP contribution in [0.25, 0.3) is 10.9 Å². The first-order valence-electron chi connectivity index (χ1n) is 9.58. The van der Waals surface area contributed by atoms with Gasteiger partial charge in [-0.25, -0.2) is 13.8 Å². The first kappa shape index (κ1) is 20.3. The zero-order chi connectivity index (χ0) is 22.0. The number of hydrogen-bond acceptors (Lipinski definition) is 5. The van der Waals surface area contributed by atoms with Gasteiger partial charge in [0.05, 0.1) is 11.7 Å². The molecular weight excluding hydrogens is 400 g/mol. The zero-order valence-corrected chi connectivity index (χ0v) is 16.7. The summed E-state index contributed by atoms with van der Waals surface area (Å²) in [5.74, 6) is -1.50. The summed E-state index contributed by atoms with van der Waals surface area (Å²) in [7, 11) is 0. The molecule has 0 atom stereocenters. The second-order valence-corrected chi connectivity index (χ2v) is 7.18. The number of fused-ring (bicyclic) bond motifs is 1. The van der Waals surface area contributed by atoms with Crippen molar-refractivity contribution in [3.63, 3.8) is 0 Å². The average Bonchev–Trinajstić information content (AvgIpc) is 2.75. The first-order valence-corrected chi connectivity index (χ1v) is 9.58. The van der Waals surface area contributed by atoms with Crippen LogP contribution >= 0.6 is 0 Å². The summed E-state index contributed by atoms with van der Waals surface area (Å²) in [6.45, 7) is 1.82. The van der Waals surface area contributed by atoms with E-state index >= 15 is 0 Å². The van der Waals surface area contributed by atoms with Gasteiger partial charge in [-0.2, -0.15) is 0 Å². The third-order valence-electron chi connectivity index (χ3n) is 4.91. The van der Waals surface area contributed by atoms with E-state index < -0.39 is 11.6 Å². The van der Waals surface area contributed by atoms with Crippen molar-refractivity contribution in [2.75, 3.05) is 5.73 Å². The van der Waals surface area contributed by atoms with Gasteiger partial charge < -0.3 is 11.1 Å². The summed E-state index contributed by atoms with van der Waals surface area (Å²) >= 11 is 0. The molecule has 3 aromatic heterocycles. The van der Waals surface area contributed by atoms with Crippen molar-refractivity contribution in [3.05, 3.63) is 94.6 Å². The predicted octanol–water partition coefficient (Wildman–Crippen LogP) is 3.71. The Hall–Kier alpha value is -3.94. The summed E-state index contributed by atoms with van der Waals surface area (Å²) in [4.78, 5) is 24.9. The lowest BCUT2D eigenvalue weighted by Gasteiger charge is -2.10. The number of halogens is 2. The molecule has 0 bridgehead atoms. The number of amides is 1. The number of hydrogen-bond donors (Lipinski definition) is 2. The molecule has 8 heteroatoms. The van der Waals surface area contributed by atoms with Gasteiger partial charge in [0.25, 0.3) is 5.91 Å². The Morgan fingerprint density at radius 1 is 1.10 bits per heavy atom. The number of nitrogens with two attached hydrogens (primary N) is 1.